The molecule has 1 aromatic carbocycles. The lowest BCUT2D eigenvalue weighted by Gasteiger charge is -2.25. The topological polar surface area (TPSA) is 49.9 Å². The van der Waals surface area contributed by atoms with Crippen molar-refractivity contribution in [3.63, 3.8) is 0 Å². The van der Waals surface area contributed by atoms with Crippen LogP contribution in [0, 0.1) is 5.92 Å². The molecule has 5 nitrogen and oxygen atoms in total. The molecule has 0 unspecified atom stereocenters. The minimum absolute atomic E-state index is 0.163. The summed E-state index contributed by atoms with van der Waals surface area (Å²) in [6.45, 7) is 2.21. The number of amides is 2. The number of allylic oxidation sites excluding steroid dienone is 1. The van der Waals surface area contributed by atoms with Gasteiger partial charge in [0.25, 0.3) is 5.91 Å². The Labute approximate surface area is 155 Å². The molecule has 26 heavy (non-hydrogen) atoms. The second-order valence-corrected chi connectivity index (χ2v) is 7.09. The third kappa shape index (κ3) is 3.68. The van der Waals surface area contributed by atoms with Gasteiger partial charge in [0.1, 0.15) is 5.92 Å². The first-order chi connectivity index (χ1) is 12.6. The number of nitrogens with zero attached hydrogens (tertiary/aromatic N) is 2. The van der Waals surface area contributed by atoms with E-state index >= 15 is 0 Å². The highest BCUT2D eigenvalue weighted by Gasteiger charge is 2.58. The van der Waals surface area contributed by atoms with Crippen molar-refractivity contribution in [1.82, 2.24) is 9.96 Å². The fraction of sp³-hybridized carbons (Fsp3) is 0.524. The van der Waals surface area contributed by atoms with Crippen LogP contribution >= 0.6 is 0 Å². The lowest BCUT2D eigenvalue weighted by atomic mass is 9.91. The summed E-state index contributed by atoms with van der Waals surface area (Å²) >= 11 is 0. The summed E-state index contributed by atoms with van der Waals surface area (Å²) in [7, 11) is 1.53. The molecule has 0 N–H and O–H groups in total. The first-order valence-electron chi connectivity index (χ1n) is 9.63. The molecular weight excluding hydrogens is 328 g/mol. The van der Waals surface area contributed by atoms with Crippen LogP contribution in [0.5, 0.6) is 0 Å². The molecular formula is C21H28N2O3. The predicted molar refractivity (Wildman–Crippen MR) is 99.7 cm³/mol. The van der Waals surface area contributed by atoms with Gasteiger partial charge in [0.05, 0.1) is 6.04 Å². The third-order valence-electron chi connectivity index (χ3n) is 5.23. The normalized spacial score (nSPS) is 25.5. The van der Waals surface area contributed by atoms with Gasteiger partial charge in [0.2, 0.25) is 5.91 Å². The van der Waals surface area contributed by atoms with Crippen LogP contribution in [0.1, 0.15) is 57.1 Å². The first-order valence-corrected chi connectivity index (χ1v) is 9.63. The highest BCUT2D eigenvalue weighted by atomic mass is 16.7. The van der Waals surface area contributed by atoms with Crippen LogP contribution in [-0.4, -0.2) is 34.9 Å². The lowest BCUT2D eigenvalue weighted by Crippen LogP contribution is -2.32. The van der Waals surface area contributed by atoms with E-state index in [0.717, 1.165) is 18.4 Å². The Morgan fingerprint density at radius 2 is 1.77 bits per heavy atom. The number of imide groups is 1. The van der Waals surface area contributed by atoms with Gasteiger partial charge in [-0.1, -0.05) is 69.0 Å². The number of carbonyl (C=O) groups excluding carboxylic acids is 2. The molecule has 0 radical (unpaired) electrons. The van der Waals surface area contributed by atoms with Gasteiger partial charge in [-0.2, -0.15) is 0 Å². The molecule has 2 aliphatic rings. The summed E-state index contributed by atoms with van der Waals surface area (Å²) in [5.41, 5.74) is 0.990. The molecule has 3 atom stereocenters. The van der Waals surface area contributed by atoms with Gasteiger partial charge in [0, 0.05) is 13.2 Å². The van der Waals surface area contributed by atoms with Gasteiger partial charge in [0.15, 0.2) is 6.10 Å². The van der Waals surface area contributed by atoms with Crippen LogP contribution in [-0.2, 0) is 14.4 Å². The van der Waals surface area contributed by atoms with Gasteiger partial charge < -0.3 is 0 Å². The highest BCUT2D eigenvalue weighted by molar-refractivity contribution is 6.07. The molecule has 2 heterocycles. The van der Waals surface area contributed by atoms with Gasteiger partial charge in [-0.25, -0.2) is 0 Å². The van der Waals surface area contributed by atoms with Gasteiger partial charge in [-0.05, 0) is 18.4 Å². The number of hydroxylamine groups is 2. The maximum absolute atomic E-state index is 12.6. The highest BCUT2D eigenvalue weighted by Crippen LogP contribution is 2.44. The van der Waals surface area contributed by atoms with Gasteiger partial charge >= 0.3 is 0 Å². The summed E-state index contributed by atoms with van der Waals surface area (Å²) in [4.78, 5) is 32.0. The molecule has 0 spiro atoms. The molecule has 1 aromatic rings. The molecule has 3 rings (SSSR count). The van der Waals surface area contributed by atoms with Crippen molar-refractivity contribution in [2.45, 2.75) is 57.6 Å². The molecule has 5 heteroatoms. The van der Waals surface area contributed by atoms with E-state index in [-0.39, 0.29) is 17.9 Å². The molecule has 0 aromatic heterocycles. The summed E-state index contributed by atoms with van der Waals surface area (Å²) in [6, 6.07) is 9.54. The monoisotopic (exact) mass is 356 g/mol. The summed E-state index contributed by atoms with van der Waals surface area (Å²) < 4.78 is 0. The van der Waals surface area contributed by atoms with Crippen molar-refractivity contribution in [2.24, 2.45) is 5.92 Å². The van der Waals surface area contributed by atoms with Crippen molar-refractivity contribution < 1.29 is 14.4 Å². The van der Waals surface area contributed by atoms with E-state index in [1.54, 1.807) is 5.06 Å². The molecule has 0 saturated carbocycles. The second-order valence-electron chi connectivity index (χ2n) is 7.09. The largest absolute Gasteiger partial charge is 0.283 e. The van der Waals surface area contributed by atoms with E-state index in [1.165, 1.54) is 37.6 Å². The van der Waals surface area contributed by atoms with E-state index < -0.39 is 12.0 Å². The van der Waals surface area contributed by atoms with Crippen LogP contribution < -0.4 is 0 Å². The quantitative estimate of drug-likeness (QED) is 0.525. The molecule has 0 aliphatic carbocycles. The molecule has 2 amide bonds. The van der Waals surface area contributed by atoms with Crippen LogP contribution in [0.15, 0.2) is 42.6 Å². The predicted octanol–water partition coefficient (Wildman–Crippen LogP) is 3.83. The Balaban J connectivity index is 1.70. The zero-order valence-electron chi connectivity index (χ0n) is 15.6. The number of likely N-dealkylation sites (N-methyl/N-ethyl adjacent to an activating group) is 1. The zero-order valence-corrected chi connectivity index (χ0v) is 15.6. The minimum atomic E-state index is -0.716. The van der Waals surface area contributed by atoms with E-state index in [4.69, 9.17) is 4.84 Å². The average molecular weight is 356 g/mol. The number of likely N-dealkylation sites (tertiary alicyclic amines) is 1. The number of carbonyl (C=O) groups is 2. The maximum atomic E-state index is 12.6. The molecule has 2 aliphatic heterocycles. The lowest BCUT2D eigenvalue weighted by molar-refractivity contribution is -0.161. The summed E-state index contributed by atoms with van der Waals surface area (Å²) in [5.74, 6) is -0.898. The van der Waals surface area contributed by atoms with Crippen molar-refractivity contribution in [1.29, 1.82) is 0 Å². The van der Waals surface area contributed by atoms with Gasteiger partial charge in [-0.15, -0.1) is 0 Å². The number of benzene rings is 1. The van der Waals surface area contributed by atoms with Crippen molar-refractivity contribution >= 4 is 11.8 Å². The van der Waals surface area contributed by atoms with Crippen molar-refractivity contribution in [2.75, 3.05) is 7.05 Å². The fourth-order valence-electron chi connectivity index (χ4n) is 3.75. The molecule has 2 saturated heterocycles. The van der Waals surface area contributed by atoms with E-state index in [9.17, 15) is 9.59 Å². The Bertz CT molecular complexity index is 658. The molecule has 140 valence electrons. The summed E-state index contributed by atoms with van der Waals surface area (Å²) in [6.07, 6.45) is 10.4. The van der Waals surface area contributed by atoms with Crippen LogP contribution in [0.4, 0.5) is 0 Å². The van der Waals surface area contributed by atoms with Gasteiger partial charge in [-0.3, -0.25) is 24.4 Å². The first kappa shape index (κ1) is 18.6. The Kier molecular flexibility index (Phi) is 6.09. The SMILES string of the molecule is CCCCCCC/C=C/N1O[C@H]2C(=O)N(C)C(=O)[C@H]2[C@@H]1c1ccccc1. The van der Waals surface area contributed by atoms with Crippen LogP contribution in [0.25, 0.3) is 0 Å². The van der Waals surface area contributed by atoms with Crippen molar-refractivity contribution in [3.05, 3.63) is 48.2 Å². The van der Waals surface area contributed by atoms with E-state index in [0.29, 0.717) is 0 Å². The minimum Gasteiger partial charge on any atom is -0.283 e. The standard InChI is InChI=1S/C21H28N2O3/c1-3-4-5-6-7-8-12-15-23-18(16-13-10-9-11-14-16)17-19(26-23)21(25)22(2)20(17)24/h9-15,17-19H,3-8H2,1-2H3/b15-12+/t17-,18-,19+/m0/s1. The second kappa shape index (κ2) is 8.49. The number of hydrogen-bond donors (Lipinski definition) is 0. The van der Waals surface area contributed by atoms with Crippen LogP contribution in [0.2, 0.25) is 0 Å². The van der Waals surface area contributed by atoms with Crippen molar-refractivity contribution in [3.8, 4) is 0 Å². The maximum Gasteiger partial charge on any atom is 0.261 e. The number of hydrogen-bond acceptors (Lipinski definition) is 4. The Hall–Kier alpha value is -2.14. The Morgan fingerprint density at radius 3 is 2.50 bits per heavy atom. The zero-order chi connectivity index (χ0) is 18.5. The molecule has 2 fully saturated rings. The molecule has 0 bridgehead atoms. The number of rotatable bonds is 8. The smallest absolute Gasteiger partial charge is 0.261 e. The Morgan fingerprint density at radius 1 is 1.04 bits per heavy atom. The van der Waals surface area contributed by atoms with E-state index in [2.05, 4.69) is 13.0 Å². The number of unbranched alkanes of at least 4 members (excludes halogenated alkanes) is 5. The third-order valence-corrected chi connectivity index (χ3v) is 5.23. The summed E-state index contributed by atoms with van der Waals surface area (Å²) in [5, 5.41) is 1.71. The number of fused-ring (bicyclic) bond motifs is 1. The van der Waals surface area contributed by atoms with Crippen LogP contribution in [0.3, 0.4) is 0 Å². The van der Waals surface area contributed by atoms with E-state index in [1.807, 2.05) is 36.5 Å². The fourth-order valence-corrected chi connectivity index (χ4v) is 3.75. The average Bonchev–Trinajstić information content (AvgIpc) is 3.13.